The first kappa shape index (κ1) is 28.0. The van der Waals surface area contributed by atoms with E-state index in [4.69, 9.17) is 11.6 Å². The lowest BCUT2D eigenvalue weighted by Gasteiger charge is -2.30. The van der Waals surface area contributed by atoms with Crippen molar-refractivity contribution in [2.75, 3.05) is 23.1 Å². The Morgan fingerprint density at radius 2 is 1.53 bits per heavy atom. The van der Waals surface area contributed by atoms with Crippen LogP contribution in [0.25, 0.3) is 0 Å². The molecule has 1 aliphatic heterocycles. The lowest BCUT2D eigenvalue weighted by molar-refractivity contribution is -0.120. The van der Waals surface area contributed by atoms with Crippen LogP contribution in [0.4, 0.5) is 11.6 Å². The zero-order valence-electron chi connectivity index (χ0n) is 20.9. The average molecular weight is 578 g/mol. The van der Waals surface area contributed by atoms with Gasteiger partial charge in [-0.05, 0) is 74.7 Å². The minimum atomic E-state index is -3.91. The summed E-state index contributed by atoms with van der Waals surface area (Å²) in [6.45, 7) is 3.98. The van der Waals surface area contributed by atoms with E-state index in [9.17, 15) is 21.6 Å². The molecule has 38 heavy (non-hydrogen) atoms. The van der Waals surface area contributed by atoms with Gasteiger partial charge in [-0.1, -0.05) is 23.7 Å². The van der Waals surface area contributed by atoms with Crippen molar-refractivity contribution < 1.29 is 21.6 Å². The van der Waals surface area contributed by atoms with E-state index in [0.717, 1.165) is 0 Å². The quantitative estimate of drug-likeness (QED) is 0.416. The van der Waals surface area contributed by atoms with E-state index in [2.05, 4.69) is 20.0 Å². The van der Waals surface area contributed by atoms with E-state index in [-0.39, 0.29) is 41.5 Å². The summed E-state index contributed by atoms with van der Waals surface area (Å²) in [5.41, 5.74) is 2.36. The van der Waals surface area contributed by atoms with Crippen molar-refractivity contribution in [3.8, 4) is 0 Å². The van der Waals surface area contributed by atoms with Crippen LogP contribution in [-0.2, 0) is 30.6 Å². The van der Waals surface area contributed by atoms with Gasteiger partial charge in [0.25, 0.3) is 10.0 Å². The molecule has 1 saturated heterocycles. The summed E-state index contributed by atoms with van der Waals surface area (Å²) < 4.78 is 54.8. The molecule has 0 spiro atoms. The van der Waals surface area contributed by atoms with Crippen molar-refractivity contribution in [3.05, 3.63) is 76.6 Å². The lowest BCUT2D eigenvalue weighted by atomic mass is 9.97. The molecule has 0 unspecified atom stereocenters. The number of benzene rings is 2. The van der Waals surface area contributed by atoms with Gasteiger partial charge in [-0.2, -0.15) is 0 Å². The molecule has 0 radical (unpaired) electrons. The number of nitrogens with one attached hydrogen (secondary N) is 2. The van der Waals surface area contributed by atoms with Gasteiger partial charge < -0.3 is 5.32 Å². The molecular weight excluding hydrogens is 550 g/mol. The van der Waals surface area contributed by atoms with Crippen LogP contribution in [0.5, 0.6) is 0 Å². The Balaban J connectivity index is 1.32. The second kappa shape index (κ2) is 11.4. The third-order valence-corrected chi connectivity index (χ3v) is 9.57. The Kier molecular flexibility index (Phi) is 8.36. The number of rotatable bonds is 8. The third-order valence-electron chi connectivity index (χ3n) is 6.12. The molecule has 0 bridgehead atoms. The lowest BCUT2D eigenvalue weighted by Crippen LogP contribution is -2.41. The molecule has 0 aliphatic carbocycles. The highest BCUT2D eigenvalue weighted by atomic mass is 35.5. The van der Waals surface area contributed by atoms with Crippen LogP contribution in [0.1, 0.15) is 29.8 Å². The summed E-state index contributed by atoms with van der Waals surface area (Å²) >= 11 is 5.87. The van der Waals surface area contributed by atoms with Gasteiger partial charge in [-0.3, -0.25) is 4.79 Å². The highest BCUT2D eigenvalue weighted by molar-refractivity contribution is 7.92. The second-order valence-electron chi connectivity index (χ2n) is 9.15. The number of nitrogens with zero attached hydrogens (tertiary/aromatic N) is 3. The number of carbonyl (C=O) groups excluding carboxylic acids is 1. The molecule has 1 fully saturated rings. The molecule has 1 aromatic heterocycles. The van der Waals surface area contributed by atoms with Crippen LogP contribution < -0.4 is 10.0 Å². The van der Waals surface area contributed by atoms with Gasteiger partial charge in [-0.15, -0.1) is 0 Å². The molecule has 1 aliphatic rings. The highest BCUT2D eigenvalue weighted by Crippen LogP contribution is 2.24. The third kappa shape index (κ3) is 7.07. The van der Waals surface area contributed by atoms with Crippen LogP contribution in [0.2, 0.25) is 5.02 Å². The van der Waals surface area contributed by atoms with Gasteiger partial charge in [0.15, 0.2) is 0 Å². The maximum absolute atomic E-state index is 12.8. The van der Waals surface area contributed by atoms with Gasteiger partial charge in [0.2, 0.25) is 21.9 Å². The summed E-state index contributed by atoms with van der Waals surface area (Å²) in [4.78, 5) is 21.0. The standard InChI is InChI=1S/C25H28ClN5O5S2/c1-17-15-18(2)28-25(27-17)30-38(35,36)23-9-7-22(8-10-23)29-24(32)20-11-13-31(14-12-20)37(33,34)16-19-3-5-21(26)6-4-19/h3-10,15,20H,11-14,16H2,1-2H3,(H,29,32)(H,27,28,30). The number of hydrogen-bond acceptors (Lipinski definition) is 7. The van der Waals surface area contributed by atoms with Crippen molar-refractivity contribution in [1.82, 2.24) is 14.3 Å². The number of sulfonamides is 2. The predicted octanol–water partition coefficient (Wildman–Crippen LogP) is 3.73. The first-order valence-electron chi connectivity index (χ1n) is 11.9. The SMILES string of the molecule is Cc1cc(C)nc(NS(=O)(=O)c2ccc(NC(=O)C3CCN(S(=O)(=O)Cc4ccc(Cl)cc4)CC3)cc2)n1. The zero-order chi connectivity index (χ0) is 27.5. The molecule has 3 aromatic rings. The molecule has 0 atom stereocenters. The minimum absolute atomic E-state index is 0.00235. The summed E-state index contributed by atoms with van der Waals surface area (Å²) in [7, 11) is -7.43. The fourth-order valence-corrected chi connectivity index (χ4v) is 6.82. The Labute approximate surface area is 227 Å². The number of anilines is 2. The Morgan fingerprint density at radius 3 is 2.11 bits per heavy atom. The Morgan fingerprint density at radius 1 is 0.947 bits per heavy atom. The number of halogens is 1. The molecule has 2 aromatic carbocycles. The fraction of sp³-hybridized carbons (Fsp3) is 0.320. The topological polar surface area (TPSA) is 138 Å². The van der Waals surface area contributed by atoms with E-state index in [0.29, 0.717) is 40.5 Å². The molecular formula is C25H28ClN5O5S2. The van der Waals surface area contributed by atoms with E-state index in [1.807, 2.05) is 0 Å². The molecule has 1 amide bonds. The fourth-order valence-electron chi connectivity index (χ4n) is 4.19. The number of aryl methyl sites for hydroxylation is 2. The Bertz CT molecular complexity index is 1500. The smallest absolute Gasteiger partial charge is 0.264 e. The van der Waals surface area contributed by atoms with Crippen molar-refractivity contribution >= 4 is 49.2 Å². The monoisotopic (exact) mass is 577 g/mol. The number of piperidine rings is 1. The van der Waals surface area contributed by atoms with Crippen LogP contribution in [-0.4, -0.2) is 50.1 Å². The summed E-state index contributed by atoms with van der Waals surface area (Å²) in [5, 5.41) is 3.33. The van der Waals surface area contributed by atoms with Crippen molar-refractivity contribution in [1.29, 1.82) is 0 Å². The number of carbonyl (C=O) groups is 1. The van der Waals surface area contributed by atoms with E-state index in [1.165, 1.54) is 28.6 Å². The number of aromatic nitrogens is 2. The summed E-state index contributed by atoms with van der Waals surface area (Å²) in [6, 6.07) is 14.2. The first-order chi connectivity index (χ1) is 17.9. The van der Waals surface area contributed by atoms with E-state index in [1.54, 1.807) is 44.2 Å². The van der Waals surface area contributed by atoms with Crippen molar-refractivity contribution in [2.45, 2.75) is 37.3 Å². The molecule has 10 nitrogen and oxygen atoms in total. The number of amides is 1. The highest BCUT2D eigenvalue weighted by Gasteiger charge is 2.31. The molecule has 2 heterocycles. The first-order valence-corrected chi connectivity index (χ1v) is 15.4. The largest absolute Gasteiger partial charge is 0.326 e. The molecule has 4 rings (SSSR count). The average Bonchev–Trinajstić information content (AvgIpc) is 2.85. The van der Waals surface area contributed by atoms with Gasteiger partial charge in [0.05, 0.1) is 10.6 Å². The number of hydrogen-bond donors (Lipinski definition) is 2. The van der Waals surface area contributed by atoms with Crippen molar-refractivity contribution in [3.63, 3.8) is 0 Å². The maximum atomic E-state index is 12.8. The van der Waals surface area contributed by atoms with E-state index < -0.39 is 20.0 Å². The normalized spacial score (nSPS) is 15.2. The van der Waals surface area contributed by atoms with Crippen LogP contribution in [0.3, 0.4) is 0 Å². The van der Waals surface area contributed by atoms with Gasteiger partial charge >= 0.3 is 0 Å². The molecule has 202 valence electrons. The summed E-state index contributed by atoms with van der Waals surface area (Å²) in [5.74, 6) is -0.733. The van der Waals surface area contributed by atoms with Gasteiger partial charge in [-0.25, -0.2) is 35.8 Å². The second-order valence-corrected chi connectivity index (χ2v) is 13.2. The molecule has 13 heteroatoms. The zero-order valence-corrected chi connectivity index (χ0v) is 23.3. The maximum Gasteiger partial charge on any atom is 0.264 e. The molecule has 2 N–H and O–H groups in total. The predicted molar refractivity (Wildman–Crippen MR) is 146 cm³/mol. The van der Waals surface area contributed by atoms with Crippen molar-refractivity contribution in [2.24, 2.45) is 5.92 Å². The van der Waals surface area contributed by atoms with Gasteiger partial charge in [0.1, 0.15) is 0 Å². The minimum Gasteiger partial charge on any atom is -0.326 e. The van der Waals surface area contributed by atoms with Crippen LogP contribution >= 0.6 is 11.6 Å². The molecule has 0 saturated carbocycles. The van der Waals surface area contributed by atoms with Crippen LogP contribution in [0.15, 0.2) is 59.5 Å². The Hall–Kier alpha value is -3.06. The van der Waals surface area contributed by atoms with Gasteiger partial charge in [0, 0.05) is 41.1 Å². The summed E-state index contributed by atoms with van der Waals surface area (Å²) in [6.07, 6.45) is 0.774. The van der Waals surface area contributed by atoms with E-state index >= 15 is 0 Å². The van der Waals surface area contributed by atoms with Crippen LogP contribution in [0, 0.1) is 19.8 Å².